The molecule has 1 aliphatic heterocycles. The van der Waals surface area contributed by atoms with E-state index in [9.17, 15) is 0 Å². The lowest BCUT2D eigenvalue weighted by Crippen LogP contribution is -2.49. The minimum Gasteiger partial charge on any atom is -0.441 e. The van der Waals surface area contributed by atoms with Gasteiger partial charge in [-0.2, -0.15) is 0 Å². The number of morpholine rings is 1. The van der Waals surface area contributed by atoms with Crippen LogP contribution >= 0.6 is 0 Å². The van der Waals surface area contributed by atoms with Crippen molar-refractivity contribution in [2.24, 2.45) is 5.92 Å². The SMILES string of the molecule is Cc1cnc(-c2cccc(NC3CCCC3C3COCCN3)c2)o1. The highest BCUT2D eigenvalue weighted by Crippen LogP contribution is 2.32. The zero-order valence-electron chi connectivity index (χ0n) is 14.1. The summed E-state index contributed by atoms with van der Waals surface area (Å²) in [6.45, 7) is 4.55. The number of nitrogens with one attached hydrogen (secondary N) is 2. The standard InChI is InChI=1S/C19H25N3O2/c1-13-11-21-19(24-13)14-4-2-5-15(10-14)22-17-7-3-6-16(17)18-12-23-9-8-20-18/h2,4-5,10-11,16-18,20,22H,3,6-9,12H2,1H3. The third kappa shape index (κ3) is 3.32. The average Bonchev–Trinajstić information content (AvgIpc) is 3.25. The molecule has 24 heavy (non-hydrogen) atoms. The normalized spacial score (nSPS) is 27.3. The third-order valence-electron chi connectivity index (χ3n) is 5.12. The molecule has 2 fully saturated rings. The number of benzene rings is 1. The molecule has 1 aromatic carbocycles. The van der Waals surface area contributed by atoms with E-state index in [0.29, 0.717) is 23.9 Å². The molecule has 5 nitrogen and oxygen atoms in total. The largest absolute Gasteiger partial charge is 0.441 e. The Labute approximate surface area is 142 Å². The van der Waals surface area contributed by atoms with Gasteiger partial charge in [0, 0.05) is 29.9 Å². The number of aromatic nitrogens is 1. The Hall–Kier alpha value is -1.85. The maximum Gasteiger partial charge on any atom is 0.226 e. The van der Waals surface area contributed by atoms with Crippen LogP contribution in [0.25, 0.3) is 11.5 Å². The number of oxazole rings is 1. The van der Waals surface area contributed by atoms with Gasteiger partial charge in [0.2, 0.25) is 5.89 Å². The average molecular weight is 327 g/mol. The molecular formula is C19H25N3O2. The Morgan fingerprint density at radius 2 is 2.25 bits per heavy atom. The Bertz CT molecular complexity index is 679. The first-order valence-electron chi connectivity index (χ1n) is 8.90. The van der Waals surface area contributed by atoms with Crippen LogP contribution in [0.5, 0.6) is 0 Å². The highest BCUT2D eigenvalue weighted by molar-refractivity contribution is 5.61. The van der Waals surface area contributed by atoms with E-state index < -0.39 is 0 Å². The van der Waals surface area contributed by atoms with E-state index in [0.717, 1.165) is 36.8 Å². The molecular weight excluding hydrogens is 302 g/mol. The summed E-state index contributed by atoms with van der Waals surface area (Å²) in [6, 6.07) is 9.31. The minimum absolute atomic E-state index is 0.469. The van der Waals surface area contributed by atoms with Gasteiger partial charge in [-0.05, 0) is 43.9 Å². The van der Waals surface area contributed by atoms with Gasteiger partial charge in [-0.25, -0.2) is 4.98 Å². The summed E-state index contributed by atoms with van der Waals surface area (Å²) in [4.78, 5) is 4.33. The van der Waals surface area contributed by atoms with Gasteiger partial charge in [-0.15, -0.1) is 0 Å². The Balaban J connectivity index is 1.48. The number of hydrogen-bond acceptors (Lipinski definition) is 5. The highest BCUT2D eigenvalue weighted by atomic mass is 16.5. The lowest BCUT2D eigenvalue weighted by atomic mass is 9.93. The summed E-state index contributed by atoms with van der Waals surface area (Å²) in [6.07, 6.45) is 5.51. The number of aryl methyl sites for hydroxylation is 1. The van der Waals surface area contributed by atoms with Crippen molar-refractivity contribution in [2.75, 3.05) is 25.1 Å². The molecule has 0 spiro atoms. The maximum absolute atomic E-state index is 5.66. The van der Waals surface area contributed by atoms with Crippen molar-refractivity contribution in [1.82, 2.24) is 10.3 Å². The molecule has 1 saturated carbocycles. The van der Waals surface area contributed by atoms with Crippen LogP contribution in [-0.2, 0) is 4.74 Å². The van der Waals surface area contributed by atoms with E-state index in [1.165, 1.54) is 19.3 Å². The second-order valence-electron chi connectivity index (χ2n) is 6.84. The fourth-order valence-electron chi connectivity index (χ4n) is 3.95. The van der Waals surface area contributed by atoms with Crippen molar-refractivity contribution in [3.63, 3.8) is 0 Å². The maximum atomic E-state index is 5.66. The van der Waals surface area contributed by atoms with E-state index in [4.69, 9.17) is 9.15 Å². The number of ether oxygens (including phenoxy) is 1. The molecule has 2 aromatic rings. The minimum atomic E-state index is 0.469. The van der Waals surface area contributed by atoms with Gasteiger partial charge in [-0.3, -0.25) is 0 Å². The first-order chi connectivity index (χ1) is 11.8. The lowest BCUT2D eigenvalue weighted by Gasteiger charge is -2.33. The summed E-state index contributed by atoms with van der Waals surface area (Å²) in [5.74, 6) is 2.14. The summed E-state index contributed by atoms with van der Waals surface area (Å²) in [5, 5.41) is 7.37. The van der Waals surface area contributed by atoms with Crippen molar-refractivity contribution in [2.45, 2.75) is 38.3 Å². The predicted octanol–water partition coefficient (Wildman–Crippen LogP) is 3.22. The van der Waals surface area contributed by atoms with E-state index in [1.807, 2.05) is 13.0 Å². The number of nitrogens with zero attached hydrogens (tertiary/aromatic N) is 1. The second kappa shape index (κ2) is 6.95. The summed E-state index contributed by atoms with van der Waals surface area (Å²) >= 11 is 0. The zero-order valence-corrected chi connectivity index (χ0v) is 14.1. The first kappa shape index (κ1) is 15.7. The third-order valence-corrected chi connectivity index (χ3v) is 5.12. The molecule has 2 N–H and O–H groups in total. The summed E-state index contributed by atoms with van der Waals surface area (Å²) in [5.41, 5.74) is 2.15. The predicted molar refractivity (Wildman–Crippen MR) is 94.0 cm³/mol. The van der Waals surface area contributed by atoms with Gasteiger partial charge < -0.3 is 19.8 Å². The van der Waals surface area contributed by atoms with Crippen molar-refractivity contribution in [3.8, 4) is 11.5 Å². The number of hydrogen-bond donors (Lipinski definition) is 2. The molecule has 2 heterocycles. The molecule has 1 saturated heterocycles. The van der Waals surface area contributed by atoms with Crippen LogP contribution in [0, 0.1) is 12.8 Å². The van der Waals surface area contributed by atoms with Crippen LogP contribution in [0.3, 0.4) is 0 Å². The summed E-state index contributed by atoms with van der Waals surface area (Å²) in [7, 11) is 0. The van der Waals surface area contributed by atoms with Crippen LogP contribution < -0.4 is 10.6 Å². The van der Waals surface area contributed by atoms with Gasteiger partial charge in [0.25, 0.3) is 0 Å². The Morgan fingerprint density at radius 1 is 1.29 bits per heavy atom. The smallest absolute Gasteiger partial charge is 0.226 e. The van der Waals surface area contributed by atoms with Gasteiger partial charge in [0.1, 0.15) is 5.76 Å². The van der Waals surface area contributed by atoms with Gasteiger partial charge in [-0.1, -0.05) is 12.5 Å². The highest BCUT2D eigenvalue weighted by Gasteiger charge is 2.34. The van der Waals surface area contributed by atoms with Crippen molar-refractivity contribution in [3.05, 3.63) is 36.2 Å². The number of anilines is 1. The van der Waals surface area contributed by atoms with Crippen molar-refractivity contribution in [1.29, 1.82) is 0 Å². The van der Waals surface area contributed by atoms with Gasteiger partial charge >= 0.3 is 0 Å². The van der Waals surface area contributed by atoms with E-state index in [1.54, 1.807) is 6.20 Å². The Morgan fingerprint density at radius 3 is 3.04 bits per heavy atom. The number of rotatable bonds is 4. The molecule has 0 radical (unpaired) electrons. The fourth-order valence-corrected chi connectivity index (χ4v) is 3.95. The van der Waals surface area contributed by atoms with Crippen LogP contribution in [-0.4, -0.2) is 36.8 Å². The van der Waals surface area contributed by atoms with Crippen LogP contribution in [0.2, 0.25) is 0 Å². The van der Waals surface area contributed by atoms with Crippen molar-refractivity contribution < 1.29 is 9.15 Å². The van der Waals surface area contributed by atoms with E-state index in [2.05, 4.69) is 33.8 Å². The molecule has 3 unspecified atom stereocenters. The molecule has 0 amide bonds. The monoisotopic (exact) mass is 327 g/mol. The second-order valence-corrected chi connectivity index (χ2v) is 6.84. The van der Waals surface area contributed by atoms with E-state index in [-0.39, 0.29) is 0 Å². The van der Waals surface area contributed by atoms with Crippen molar-refractivity contribution >= 4 is 5.69 Å². The van der Waals surface area contributed by atoms with E-state index >= 15 is 0 Å². The molecule has 1 aromatic heterocycles. The van der Waals surface area contributed by atoms with Crippen LogP contribution in [0.15, 0.2) is 34.9 Å². The fraction of sp³-hybridized carbons (Fsp3) is 0.526. The molecule has 3 atom stereocenters. The molecule has 2 aliphatic rings. The summed E-state index contributed by atoms with van der Waals surface area (Å²) < 4.78 is 11.3. The molecule has 0 bridgehead atoms. The van der Waals surface area contributed by atoms with Crippen LogP contribution in [0.1, 0.15) is 25.0 Å². The molecule has 128 valence electrons. The first-order valence-corrected chi connectivity index (χ1v) is 8.90. The van der Waals surface area contributed by atoms with Gasteiger partial charge in [0.15, 0.2) is 0 Å². The van der Waals surface area contributed by atoms with Crippen LogP contribution in [0.4, 0.5) is 5.69 Å². The quantitative estimate of drug-likeness (QED) is 0.903. The Kier molecular flexibility index (Phi) is 4.54. The van der Waals surface area contributed by atoms with Gasteiger partial charge in [0.05, 0.1) is 19.4 Å². The topological polar surface area (TPSA) is 59.3 Å². The molecule has 5 heteroatoms. The lowest BCUT2D eigenvalue weighted by molar-refractivity contribution is 0.0559. The molecule has 1 aliphatic carbocycles. The molecule has 4 rings (SSSR count). The zero-order chi connectivity index (χ0) is 16.4.